The molecule has 1 unspecified atom stereocenters. The minimum Gasteiger partial charge on any atom is -0.462 e. The van der Waals surface area contributed by atoms with Crippen LogP contribution in [-0.4, -0.2) is 37.2 Å². The van der Waals surface area contributed by atoms with Crippen molar-refractivity contribution in [3.8, 4) is 0 Å². The second kappa shape index (κ2) is 55.4. The van der Waals surface area contributed by atoms with Crippen molar-refractivity contribution < 1.29 is 28.6 Å². The van der Waals surface area contributed by atoms with Gasteiger partial charge in [0.1, 0.15) is 13.2 Å². The van der Waals surface area contributed by atoms with Crippen LogP contribution in [0.5, 0.6) is 0 Å². The summed E-state index contributed by atoms with van der Waals surface area (Å²) in [6.45, 7) is 6.57. The summed E-state index contributed by atoms with van der Waals surface area (Å²) < 4.78 is 16.8. The molecule has 6 nitrogen and oxygen atoms in total. The van der Waals surface area contributed by atoms with Gasteiger partial charge in [0, 0.05) is 19.3 Å². The minimum absolute atomic E-state index is 0.0883. The van der Waals surface area contributed by atoms with E-state index in [1.54, 1.807) is 0 Å². The van der Waals surface area contributed by atoms with Crippen LogP contribution in [0, 0.1) is 0 Å². The molecule has 6 heteroatoms. The lowest BCUT2D eigenvalue weighted by Crippen LogP contribution is -2.30. The van der Waals surface area contributed by atoms with Gasteiger partial charge >= 0.3 is 17.9 Å². The summed E-state index contributed by atoms with van der Waals surface area (Å²) in [4.78, 5) is 38.1. The Hall–Kier alpha value is -3.15. The van der Waals surface area contributed by atoms with Crippen LogP contribution >= 0.6 is 0 Å². The number of hydrogen-bond acceptors (Lipinski definition) is 6. The molecule has 0 amide bonds. The summed E-state index contributed by atoms with van der Waals surface area (Å²) >= 11 is 0. The molecule has 0 aromatic heterocycles. The summed E-state index contributed by atoms with van der Waals surface area (Å²) in [5, 5.41) is 0. The number of unbranched alkanes of at least 4 members (excludes halogenated alkanes) is 31. The number of rotatable bonds is 51. The van der Waals surface area contributed by atoms with Crippen molar-refractivity contribution in [3.05, 3.63) is 72.9 Å². The fourth-order valence-electron chi connectivity index (χ4n) is 7.91. The summed E-state index contributed by atoms with van der Waals surface area (Å²) in [7, 11) is 0. The topological polar surface area (TPSA) is 78.9 Å². The van der Waals surface area contributed by atoms with Crippen LogP contribution in [0.3, 0.4) is 0 Å². The average Bonchev–Trinajstić information content (AvgIpc) is 3.33. The van der Waals surface area contributed by atoms with E-state index in [0.29, 0.717) is 19.3 Å². The maximum atomic E-state index is 12.8. The van der Waals surface area contributed by atoms with Crippen molar-refractivity contribution >= 4 is 17.9 Å². The fourth-order valence-corrected chi connectivity index (χ4v) is 7.91. The highest BCUT2D eigenvalue weighted by Crippen LogP contribution is 2.15. The van der Waals surface area contributed by atoms with Crippen molar-refractivity contribution in [2.75, 3.05) is 13.2 Å². The predicted octanol–water partition coefficient (Wildman–Crippen LogP) is 19.0. The number of hydrogen-bond donors (Lipinski definition) is 0. The number of carbonyl (C=O) groups excluding carboxylic acids is 3. The van der Waals surface area contributed by atoms with Gasteiger partial charge in [0.2, 0.25) is 0 Å². The Balaban J connectivity index is 4.45. The van der Waals surface area contributed by atoms with Crippen LogP contribution in [0.4, 0.5) is 0 Å². The number of esters is 3. The van der Waals surface area contributed by atoms with Crippen LogP contribution in [0.2, 0.25) is 0 Å². The molecular weight excluding hydrogens is 829 g/mol. The maximum Gasteiger partial charge on any atom is 0.306 e. The second-order valence-corrected chi connectivity index (χ2v) is 18.9. The van der Waals surface area contributed by atoms with Gasteiger partial charge in [-0.1, -0.05) is 235 Å². The molecule has 0 bridgehead atoms. The Morgan fingerprint density at radius 2 is 0.552 bits per heavy atom. The molecule has 0 aromatic carbocycles. The second-order valence-electron chi connectivity index (χ2n) is 18.9. The molecule has 0 aliphatic heterocycles. The fraction of sp³-hybridized carbons (Fsp3) is 0.754. The van der Waals surface area contributed by atoms with Gasteiger partial charge in [-0.05, 0) is 96.3 Å². The van der Waals surface area contributed by atoms with Gasteiger partial charge in [-0.25, -0.2) is 0 Å². The normalized spacial score (nSPS) is 12.6. The van der Waals surface area contributed by atoms with Gasteiger partial charge in [0.05, 0.1) is 0 Å². The first-order chi connectivity index (χ1) is 33.0. The average molecular weight is 936 g/mol. The predicted molar refractivity (Wildman–Crippen MR) is 288 cm³/mol. The van der Waals surface area contributed by atoms with E-state index in [-0.39, 0.29) is 31.1 Å². The molecule has 0 rings (SSSR count). The first kappa shape index (κ1) is 63.8. The maximum absolute atomic E-state index is 12.8. The third-order valence-corrected chi connectivity index (χ3v) is 12.2. The zero-order valence-corrected chi connectivity index (χ0v) is 44.2. The van der Waals surface area contributed by atoms with E-state index < -0.39 is 6.10 Å². The molecule has 0 saturated carbocycles. The highest BCUT2D eigenvalue weighted by molar-refractivity contribution is 5.71. The van der Waals surface area contributed by atoms with Gasteiger partial charge in [-0.15, -0.1) is 0 Å². The van der Waals surface area contributed by atoms with Crippen molar-refractivity contribution in [1.29, 1.82) is 0 Å². The molecule has 1 atom stereocenters. The Morgan fingerprint density at radius 3 is 0.925 bits per heavy atom. The lowest BCUT2D eigenvalue weighted by molar-refractivity contribution is -0.167. The van der Waals surface area contributed by atoms with Gasteiger partial charge in [-0.3, -0.25) is 14.4 Å². The standard InChI is InChI=1S/C61H106O6/c1-4-7-10-13-16-19-22-25-28-30-31-34-36-39-42-45-48-51-54-60(63)66-57-58(56-65-59(62)53-50-47-44-41-38-35-32-27-24-21-18-15-12-9-6-3)67-61(64)55-52-49-46-43-40-37-33-29-26-23-20-17-14-11-8-5-2/h16,19,21-22,24-25,28-31,33-34,58H,4-15,17-18,20,23,26-27,32,35-57H2,1-3H3/b19-16-,24-21-,25-22-,30-28-,33-29-,34-31-. The smallest absolute Gasteiger partial charge is 0.306 e. The van der Waals surface area contributed by atoms with Crippen molar-refractivity contribution in [2.45, 2.75) is 284 Å². The SMILES string of the molecule is CCCCC\C=C/C=C\C=C/C=C\CCCCCCCC(=O)OCC(COC(=O)CCCCCCCCC/C=C\CCCCCC)OC(=O)CCCCCCC/C=C\CCCCCCCCC. The Morgan fingerprint density at radius 1 is 0.299 bits per heavy atom. The van der Waals surface area contributed by atoms with Crippen molar-refractivity contribution in [1.82, 2.24) is 0 Å². The summed E-state index contributed by atoms with van der Waals surface area (Å²) in [6.07, 6.45) is 70.2. The molecule has 0 heterocycles. The summed E-state index contributed by atoms with van der Waals surface area (Å²) in [5.74, 6) is -0.917. The highest BCUT2D eigenvalue weighted by Gasteiger charge is 2.19. The molecule has 386 valence electrons. The van der Waals surface area contributed by atoms with Crippen LogP contribution in [0.25, 0.3) is 0 Å². The van der Waals surface area contributed by atoms with Crippen molar-refractivity contribution in [3.63, 3.8) is 0 Å². The van der Waals surface area contributed by atoms with E-state index in [2.05, 4.69) is 93.7 Å². The van der Waals surface area contributed by atoms with E-state index in [9.17, 15) is 14.4 Å². The molecule has 0 aromatic rings. The lowest BCUT2D eigenvalue weighted by Gasteiger charge is -2.18. The van der Waals surface area contributed by atoms with Gasteiger partial charge in [0.25, 0.3) is 0 Å². The third kappa shape index (κ3) is 53.7. The van der Waals surface area contributed by atoms with E-state index in [1.165, 1.54) is 141 Å². The van der Waals surface area contributed by atoms with Crippen molar-refractivity contribution in [2.24, 2.45) is 0 Å². The molecule has 0 aliphatic rings. The number of carbonyl (C=O) groups is 3. The van der Waals surface area contributed by atoms with E-state index >= 15 is 0 Å². The Bertz CT molecular complexity index is 1260. The molecule has 0 spiro atoms. The Kier molecular flexibility index (Phi) is 52.8. The molecule has 0 radical (unpaired) electrons. The highest BCUT2D eigenvalue weighted by atomic mass is 16.6. The minimum atomic E-state index is -0.791. The van der Waals surface area contributed by atoms with Gasteiger partial charge in [0.15, 0.2) is 6.10 Å². The largest absolute Gasteiger partial charge is 0.462 e. The van der Waals surface area contributed by atoms with Crippen LogP contribution < -0.4 is 0 Å². The summed E-state index contributed by atoms with van der Waals surface area (Å²) in [6, 6.07) is 0. The first-order valence-corrected chi connectivity index (χ1v) is 28.5. The van der Waals surface area contributed by atoms with E-state index in [1.807, 2.05) is 0 Å². The van der Waals surface area contributed by atoms with Crippen LogP contribution in [0.1, 0.15) is 278 Å². The molecule has 67 heavy (non-hydrogen) atoms. The van der Waals surface area contributed by atoms with Gasteiger partial charge in [-0.2, -0.15) is 0 Å². The molecule has 0 saturated heterocycles. The third-order valence-electron chi connectivity index (χ3n) is 12.2. The zero-order valence-electron chi connectivity index (χ0n) is 44.2. The summed E-state index contributed by atoms with van der Waals surface area (Å²) in [5.41, 5.74) is 0. The number of ether oxygens (including phenoxy) is 3. The quantitative estimate of drug-likeness (QED) is 0.0199. The Labute approximate surface area is 414 Å². The monoisotopic (exact) mass is 935 g/mol. The van der Waals surface area contributed by atoms with E-state index in [0.717, 1.165) is 96.3 Å². The molecule has 0 aliphatic carbocycles. The van der Waals surface area contributed by atoms with Gasteiger partial charge < -0.3 is 14.2 Å². The first-order valence-electron chi connectivity index (χ1n) is 28.5. The molecule has 0 fully saturated rings. The van der Waals surface area contributed by atoms with Crippen LogP contribution in [0.15, 0.2) is 72.9 Å². The number of allylic oxidation sites excluding steroid dienone is 12. The zero-order chi connectivity index (χ0) is 48.6. The lowest BCUT2D eigenvalue weighted by atomic mass is 10.1. The van der Waals surface area contributed by atoms with Crippen LogP contribution in [-0.2, 0) is 28.6 Å². The molecule has 0 N–H and O–H groups in total. The van der Waals surface area contributed by atoms with E-state index in [4.69, 9.17) is 14.2 Å². The molecular formula is C61H106O6.